The van der Waals surface area contributed by atoms with Gasteiger partial charge in [-0.25, -0.2) is 0 Å². The fourth-order valence-electron chi connectivity index (χ4n) is 4.56. The van der Waals surface area contributed by atoms with Crippen LogP contribution in [0, 0.1) is 18.3 Å². The number of carboxylic acids is 1. The van der Waals surface area contributed by atoms with Crippen LogP contribution >= 0.6 is 0 Å². The van der Waals surface area contributed by atoms with E-state index >= 15 is 0 Å². The van der Waals surface area contributed by atoms with E-state index in [1.165, 1.54) is 24.0 Å². The van der Waals surface area contributed by atoms with Crippen LogP contribution < -0.4 is 14.4 Å². The maximum absolute atomic E-state index is 12.8. The smallest absolute Gasteiger partial charge is 0.316 e. The topological polar surface area (TPSA) is 93.1 Å². The van der Waals surface area contributed by atoms with E-state index in [9.17, 15) is 19.5 Å². The lowest BCUT2D eigenvalue weighted by Crippen LogP contribution is -2.31. The maximum atomic E-state index is 12.8. The molecule has 1 aliphatic rings. The molecule has 0 saturated carbocycles. The number of methoxy groups -OCH3 is 1. The highest BCUT2D eigenvalue weighted by Gasteiger charge is 2.29. The number of amides is 1. The number of esters is 1. The predicted octanol–water partition coefficient (Wildman–Crippen LogP) is 7.49. The summed E-state index contributed by atoms with van der Waals surface area (Å²) in [5.41, 5.74) is 3.22. The van der Waals surface area contributed by atoms with E-state index in [1.54, 1.807) is 50.1 Å². The third-order valence-corrected chi connectivity index (χ3v) is 7.46. The van der Waals surface area contributed by atoms with Crippen molar-refractivity contribution in [2.45, 2.75) is 72.6 Å². The Bertz CT molecular complexity index is 1450. The van der Waals surface area contributed by atoms with Crippen LogP contribution in [0.2, 0.25) is 0 Å². The second-order valence-electron chi connectivity index (χ2n) is 12.0. The number of carbonyl (C=O) groups excluding carboxylic acids is 2. The number of fused-ring (bicyclic) bond motifs is 1. The Morgan fingerprint density at radius 3 is 2.00 bits per heavy atom. The van der Waals surface area contributed by atoms with E-state index < -0.39 is 16.8 Å². The van der Waals surface area contributed by atoms with E-state index in [2.05, 4.69) is 18.9 Å². The van der Waals surface area contributed by atoms with E-state index in [1.807, 2.05) is 64.1 Å². The molecule has 1 amide bonds. The maximum Gasteiger partial charge on any atom is 0.316 e. The second-order valence-corrected chi connectivity index (χ2v) is 12.0. The van der Waals surface area contributed by atoms with Gasteiger partial charge in [-0.3, -0.25) is 14.4 Å². The van der Waals surface area contributed by atoms with Crippen molar-refractivity contribution in [1.29, 1.82) is 0 Å². The number of nitrogens with zero attached hydrogens (tertiary/aromatic N) is 1. The molecule has 3 aromatic carbocycles. The minimum absolute atomic E-state index is 0.143. The van der Waals surface area contributed by atoms with Gasteiger partial charge in [0.25, 0.3) is 5.91 Å². The SMILES string of the molecule is C#C.CC(C)(C)C(=O)Oc1ccc2c(c1)CCCC2.CCN(C(=O)c1ccc(C(C)(C)C(=O)O)cc1)c1cccc(OC)c1. The van der Waals surface area contributed by atoms with Crippen molar-refractivity contribution in [3.05, 3.63) is 89.0 Å². The van der Waals surface area contributed by atoms with Gasteiger partial charge in [-0.05, 0) is 120 Å². The minimum Gasteiger partial charge on any atom is -0.497 e. The molecule has 7 heteroatoms. The molecule has 0 aliphatic heterocycles. The molecule has 0 aromatic heterocycles. The zero-order valence-corrected chi connectivity index (χ0v) is 27.0. The lowest BCUT2D eigenvalue weighted by Gasteiger charge is -2.23. The quantitative estimate of drug-likeness (QED) is 0.172. The number of hydrogen-bond donors (Lipinski definition) is 1. The van der Waals surface area contributed by atoms with E-state index in [0.717, 1.165) is 18.5 Å². The summed E-state index contributed by atoms with van der Waals surface area (Å²) < 4.78 is 10.6. The third-order valence-electron chi connectivity index (χ3n) is 7.46. The molecule has 0 radical (unpaired) electrons. The van der Waals surface area contributed by atoms with Crippen LogP contribution in [0.4, 0.5) is 5.69 Å². The molecule has 4 rings (SSSR count). The normalized spacial score (nSPS) is 12.2. The number of aryl methyl sites for hydroxylation is 2. The Kier molecular flexibility index (Phi) is 12.8. The number of aliphatic carboxylic acids is 1. The average Bonchev–Trinajstić information content (AvgIpc) is 3.02. The van der Waals surface area contributed by atoms with Crippen LogP contribution in [0.3, 0.4) is 0 Å². The Labute approximate surface area is 262 Å². The summed E-state index contributed by atoms with van der Waals surface area (Å²) in [6, 6.07) is 20.1. The van der Waals surface area contributed by atoms with Crippen molar-refractivity contribution in [3.63, 3.8) is 0 Å². The lowest BCUT2D eigenvalue weighted by molar-refractivity contribution is -0.143. The summed E-state index contributed by atoms with van der Waals surface area (Å²) in [7, 11) is 1.58. The summed E-state index contributed by atoms with van der Waals surface area (Å²) in [4.78, 5) is 37.6. The fourth-order valence-corrected chi connectivity index (χ4v) is 4.56. The molecular weight excluding hydrogens is 554 g/mol. The Morgan fingerprint density at radius 2 is 1.45 bits per heavy atom. The van der Waals surface area contributed by atoms with Gasteiger partial charge in [-0.15, -0.1) is 12.8 Å². The van der Waals surface area contributed by atoms with Crippen LogP contribution in [-0.2, 0) is 27.8 Å². The monoisotopic (exact) mass is 599 g/mol. The van der Waals surface area contributed by atoms with Gasteiger partial charge < -0.3 is 19.5 Å². The highest BCUT2D eigenvalue weighted by atomic mass is 16.5. The minimum atomic E-state index is -1.00. The first kappa shape index (κ1) is 35.6. The van der Waals surface area contributed by atoms with Crippen molar-refractivity contribution in [2.24, 2.45) is 5.41 Å². The number of anilines is 1. The average molecular weight is 600 g/mol. The summed E-state index contributed by atoms with van der Waals surface area (Å²) in [6.07, 6.45) is 12.8. The van der Waals surface area contributed by atoms with Gasteiger partial charge in [0.15, 0.2) is 0 Å². The summed E-state index contributed by atoms with van der Waals surface area (Å²) in [5, 5.41) is 9.31. The molecule has 234 valence electrons. The molecule has 44 heavy (non-hydrogen) atoms. The molecule has 1 aliphatic carbocycles. The number of rotatable bonds is 7. The van der Waals surface area contributed by atoms with Gasteiger partial charge in [0, 0.05) is 23.9 Å². The number of terminal acetylenes is 1. The molecule has 0 fully saturated rings. The van der Waals surface area contributed by atoms with Crippen LogP contribution in [0.25, 0.3) is 0 Å². The number of ether oxygens (including phenoxy) is 2. The lowest BCUT2D eigenvalue weighted by atomic mass is 9.84. The molecule has 0 unspecified atom stereocenters. The summed E-state index contributed by atoms with van der Waals surface area (Å²) >= 11 is 0. The summed E-state index contributed by atoms with van der Waals surface area (Å²) in [6.45, 7) is 11.3. The summed E-state index contributed by atoms with van der Waals surface area (Å²) in [5.74, 6) is 0.148. The third kappa shape index (κ3) is 9.21. The first-order valence-electron chi connectivity index (χ1n) is 14.7. The van der Waals surface area contributed by atoms with Gasteiger partial charge in [0.05, 0.1) is 17.9 Å². The van der Waals surface area contributed by atoms with Crippen molar-refractivity contribution in [2.75, 3.05) is 18.6 Å². The van der Waals surface area contributed by atoms with Crippen molar-refractivity contribution in [3.8, 4) is 24.3 Å². The zero-order valence-electron chi connectivity index (χ0n) is 27.0. The highest BCUT2D eigenvalue weighted by molar-refractivity contribution is 6.06. The second kappa shape index (κ2) is 15.8. The standard InChI is InChI=1S/C20H23NO4.C15H20O2.C2H2/c1-5-21(16-7-6-8-17(13-16)25-4)18(22)14-9-11-15(12-10-14)20(2,3)19(23)24;1-15(2,3)14(16)17-13-9-8-11-6-4-5-7-12(11)10-13;1-2/h6-13H,5H2,1-4H3,(H,23,24);8-10H,4-7H2,1-3H3;1-2H. The van der Waals surface area contributed by atoms with Gasteiger partial charge >= 0.3 is 11.9 Å². The molecule has 7 nitrogen and oxygen atoms in total. The number of hydrogen-bond acceptors (Lipinski definition) is 5. The van der Waals surface area contributed by atoms with Crippen molar-refractivity contribution in [1.82, 2.24) is 0 Å². The number of carbonyl (C=O) groups is 3. The highest BCUT2D eigenvalue weighted by Crippen LogP contribution is 2.28. The van der Waals surface area contributed by atoms with Gasteiger partial charge in [-0.2, -0.15) is 0 Å². The molecule has 0 spiro atoms. The molecule has 1 N–H and O–H groups in total. The number of benzene rings is 3. The molecule has 0 saturated heterocycles. The van der Waals surface area contributed by atoms with Gasteiger partial charge in [0.2, 0.25) is 0 Å². The first-order valence-corrected chi connectivity index (χ1v) is 14.7. The Balaban J connectivity index is 0.000000309. The van der Waals surface area contributed by atoms with Gasteiger partial charge in [-0.1, -0.05) is 24.3 Å². The number of carboxylic acid groups (broad SMARTS) is 1. The Hall–Kier alpha value is -4.57. The zero-order chi connectivity index (χ0) is 33.1. The van der Waals surface area contributed by atoms with Crippen LogP contribution in [0.5, 0.6) is 11.5 Å². The predicted molar refractivity (Wildman–Crippen MR) is 176 cm³/mol. The molecule has 0 bridgehead atoms. The first-order chi connectivity index (χ1) is 20.8. The van der Waals surface area contributed by atoms with Crippen LogP contribution in [0.1, 0.15) is 81.4 Å². The van der Waals surface area contributed by atoms with Crippen LogP contribution in [0.15, 0.2) is 66.7 Å². The van der Waals surface area contributed by atoms with E-state index in [-0.39, 0.29) is 11.9 Å². The largest absolute Gasteiger partial charge is 0.497 e. The van der Waals surface area contributed by atoms with E-state index in [0.29, 0.717) is 29.2 Å². The molecule has 3 aromatic rings. The fraction of sp³-hybridized carbons (Fsp3) is 0.378. The van der Waals surface area contributed by atoms with Crippen molar-refractivity contribution < 1.29 is 29.0 Å². The molecule has 0 atom stereocenters. The Morgan fingerprint density at radius 1 is 0.841 bits per heavy atom. The van der Waals surface area contributed by atoms with E-state index in [4.69, 9.17) is 9.47 Å². The van der Waals surface area contributed by atoms with Gasteiger partial charge in [0.1, 0.15) is 11.5 Å². The van der Waals surface area contributed by atoms with Crippen LogP contribution in [-0.4, -0.2) is 36.6 Å². The van der Waals surface area contributed by atoms with Crippen molar-refractivity contribution >= 4 is 23.5 Å². The molecule has 0 heterocycles. The molecular formula is C37H45NO6.